The molecule has 0 aromatic carbocycles. The lowest BCUT2D eigenvalue weighted by Crippen LogP contribution is -2.48. The number of morpholine rings is 2. The van der Waals surface area contributed by atoms with E-state index in [2.05, 4.69) is 28.4 Å². The van der Waals surface area contributed by atoms with Gasteiger partial charge in [0.1, 0.15) is 0 Å². The second-order valence-electron chi connectivity index (χ2n) is 17.8. The third-order valence-corrected chi connectivity index (χ3v) is 14.8. The Morgan fingerprint density at radius 1 is 0.661 bits per heavy atom. The number of aryl methyl sites for hydroxylation is 4. The van der Waals surface area contributed by atoms with E-state index in [-0.39, 0.29) is 23.9 Å². The van der Waals surface area contributed by atoms with Crippen LogP contribution in [0, 0.1) is 5.41 Å². The van der Waals surface area contributed by atoms with Crippen molar-refractivity contribution in [1.29, 1.82) is 0 Å². The van der Waals surface area contributed by atoms with Gasteiger partial charge in [-0.05, 0) is 101 Å². The lowest BCUT2D eigenvalue weighted by molar-refractivity contribution is 0.0435. The number of carbonyl (C=O) groups is 3. The number of rotatable bonds is 8. The van der Waals surface area contributed by atoms with Gasteiger partial charge in [-0.2, -0.15) is 10.2 Å². The largest absolute Gasteiger partial charge is 0.378 e. The number of nitrogens with one attached hydrogen (secondary N) is 1. The molecule has 2 atom stereocenters. The molecule has 2 unspecified atom stereocenters. The van der Waals surface area contributed by atoms with Gasteiger partial charge in [0, 0.05) is 90.8 Å². The number of amides is 4. The first-order valence-electron chi connectivity index (χ1n) is 22.3. The lowest BCUT2D eigenvalue weighted by Gasteiger charge is -2.32. The number of aromatic amines is 1. The molecular weight excluding hydrogens is 868 g/mol. The van der Waals surface area contributed by atoms with Crippen LogP contribution in [0.25, 0.3) is 0 Å². The molecule has 4 aromatic rings. The summed E-state index contributed by atoms with van der Waals surface area (Å²) in [5, 5.41) is 12.6. The molecule has 4 fully saturated rings. The predicted octanol–water partition coefficient (Wildman–Crippen LogP) is 9.02. The average molecular weight is 930 g/mol. The number of carbonyl (C=O) groups excluding carboxylic acids is 3. The molecule has 4 aliphatic heterocycles. The molecule has 0 aliphatic carbocycles. The van der Waals surface area contributed by atoms with Crippen LogP contribution in [0.15, 0.2) is 36.4 Å². The van der Waals surface area contributed by atoms with Crippen LogP contribution in [0.1, 0.15) is 108 Å². The van der Waals surface area contributed by atoms with Crippen LogP contribution in [-0.2, 0) is 35.2 Å². The van der Waals surface area contributed by atoms with Gasteiger partial charge in [-0.15, -0.1) is 22.7 Å². The summed E-state index contributed by atoms with van der Waals surface area (Å²) < 4.78 is 14.0. The highest BCUT2D eigenvalue weighted by molar-refractivity contribution is 7.16. The molecule has 17 heteroatoms. The molecule has 4 aromatic heterocycles. The third-order valence-electron chi connectivity index (χ3n) is 12.2. The van der Waals surface area contributed by atoms with E-state index < -0.39 is 5.41 Å². The highest BCUT2D eigenvalue weighted by Crippen LogP contribution is 2.32. The van der Waals surface area contributed by atoms with Gasteiger partial charge in [-0.3, -0.25) is 9.89 Å². The van der Waals surface area contributed by atoms with E-state index >= 15 is 0 Å². The Hall–Kier alpha value is -3.47. The Bertz CT molecular complexity index is 2080. The van der Waals surface area contributed by atoms with Gasteiger partial charge in [-0.25, -0.2) is 14.3 Å². The van der Waals surface area contributed by atoms with Crippen LogP contribution in [-0.4, -0.2) is 136 Å². The van der Waals surface area contributed by atoms with E-state index in [4.69, 9.17) is 37.8 Å². The van der Waals surface area contributed by atoms with Crippen molar-refractivity contribution < 1.29 is 23.9 Å². The summed E-state index contributed by atoms with van der Waals surface area (Å²) in [6.45, 7) is 14.2. The van der Waals surface area contributed by atoms with Crippen molar-refractivity contribution in [2.45, 2.75) is 96.8 Å². The third kappa shape index (κ3) is 12.6. The summed E-state index contributed by atoms with van der Waals surface area (Å²) in [7, 11) is 0. The fourth-order valence-corrected chi connectivity index (χ4v) is 10.8. The summed E-state index contributed by atoms with van der Waals surface area (Å²) in [5.41, 5.74) is 3.71. The second-order valence-corrected chi connectivity index (χ2v) is 21.4. The van der Waals surface area contributed by atoms with E-state index in [9.17, 15) is 14.4 Å². The van der Waals surface area contributed by atoms with Crippen molar-refractivity contribution in [3.05, 3.63) is 77.6 Å². The number of hydrogen-bond donors (Lipinski definition) is 1. The molecule has 0 bridgehead atoms. The standard InChI is InChI=1S/C25H35ClN4O3S.C20H27ClN4O2S/c1-25(2,3)23(31)30-19(6-7-20-8-9-22(26)34-20)17-21(27-30)18-5-4-11-28(12-10-18)24(32)29-13-15-33-16-14-29;21-19-6-5-17(28-19)4-3-16-14-18(23-22-16)15-2-1-8-24(9-7-15)20(26)25-10-12-27-13-11-25/h8-9,17-18H,4-7,10-16H2,1-3H3;5-6,14-15H,1-4,7-13H2,(H,22,23). The van der Waals surface area contributed by atoms with Crippen molar-refractivity contribution in [1.82, 2.24) is 39.6 Å². The molecule has 1 N–H and O–H groups in total. The van der Waals surface area contributed by atoms with E-state index in [0.717, 1.165) is 110 Å². The molecule has 4 saturated heterocycles. The second kappa shape index (κ2) is 21.9. The van der Waals surface area contributed by atoms with Gasteiger partial charge in [0.25, 0.3) is 5.91 Å². The molecular formula is C45H62Cl2N8O5S2. The van der Waals surface area contributed by atoms with Crippen LogP contribution >= 0.6 is 45.9 Å². The SMILES string of the molecule is CC(C)(C)C(=O)n1nc(C2CCCN(C(=O)N3CCOCC3)CC2)cc1CCc1ccc(Cl)s1.O=C(N1CCOCC1)N1CCCC(c2cc(CCc3ccc(Cl)s3)[nH]n2)CC1. The van der Waals surface area contributed by atoms with E-state index in [1.807, 2.05) is 58.6 Å². The molecule has 8 rings (SSSR count). The maximum absolute atomic E-state index is 13.2. The predicted molar refractivity (Wildman–Crippen MR) is 246 cm³/mol. The van der Waals surface area contributed by atoms with E-state index in [0.29, 0.717) is 65.1 Å². The zero-order chi connectivity index (χ0) is 43.6. The number of urea groups is 2. The van der Waals surface area contributed by atoms with Crippen molar-refractivity contribution in [3.63, 3.8) is 0 Å². The number of thiophene rings is 2. The first-order chi connectivity index (χ1) is 29.9. The number of likely N-dealkylation sites (tertiary alicyclic amines) is 2. The number of aromatic nitrogens is 4. The highest BCUT2D eigenvalue weighted by atomic mass is 35.5. The average Bonchev–Trinajstić information content (AvgIpc) is 4.04. The molecule has 4 aliphatic rings. The van der Waals surface area contributed by atoms with Gasteiger partial charge in [0.05, 0.1) is 46.5 Å². The topological polar surface area (TPSA) is 129 Å². The maximum atomic E-state index is 13.2. The van der Waals surface area contributed by atoms with Crippen LogP contribution in [0.2, 0.25) is 8.67 Å². The Labute approximate surface area is 384 Å². The smallest absolute Gasteiger partial charge is 0.320 e. The molecule has 62 heavy (non-hydrogen) atoms. The quantitative estimate of drug-likeness (QED) is 0.187. The van der Waals surface area contributed by atoms with Gasteiger partial charge < -0.3 is 29.1 Å². The van der Waals surface area contributed by atoms with Crippen LogP contribution < -0.4 is 0 Å². The van der Waals surface area contributed by atoms with Crippen molar-refractivity contribution >= 4 is 63.8 Å². The highest BCUT2D eigenvalue weighted by Gasteiger charge is 2.31. The number of H-pyrrole nitrogens is 1. The van der Waals surface area contributed by atoms with Crippen LogP contribution in [0.4, 0.5) is 9.59 Å². The lowest BCUT2D eigenvalue weighted by atomic mass is 9.95. The normalized spacial score (nSPS) is 20.3. The molecule has 8 heterocycles. The number of halogens is 2. The van der Waals surface area contributed by atoms with Crippen molar-refractivity contribution in [2.24, 2.45) is 5.41 Å². The summed E-state index contributed by atoms with van der Waals surface area (Å²) in [6.07, 6.45) is 9.32. The monoisotopic (exact) mass is 928 g/mol. The van der Waals surface area contributed by atoms with Crippen LogP contribution in [0.5, 0.6) is 0 Å². The number of nitrogens with zero attached hydrogens (tertiary/aromatic N) is 7. The van der Waals surface area contributed by atoms with Crippen molar-refractivity contribution in [3.8, 4) is 0 Å². The first kappa shape index (κ1) is 46.5. The number of ether oxygens (including phenoxy) is 2. The van der Waals surface area contributed by atoms with E-state index in [1.165, 1.54) is 15.4 Å². The van der Waals surface area contributed by atoms with Gasteiger partial charge in [0.2, 0.25) is 0 Å². The zero-order valence-electron chi connectivity index (χ0n) is 36.4. The Balaban J connectivity index is 0.000000190. The minimum atomic E-state index is -0.519. The molecule has 4 amide bonds. The summed E-state index contributed by atoms with van der Waals surface area (Å²) in [4.78, 5) is 49.2. The molecule has 338 valence electrons. The maximum Gasteiger partial charge on any atom is 0.320 e. The zero-order valence-corrected chi connectivity index (χ0v) is 39.6. The fraction of sp³-hybridized carbons (Fsp3) is 0.622. The summed E-state index contributed by atoms with van der Waals surface area (Å²) in [6, 6.07) is 12.6. The van der Waals surface area contributed by atoms with Gasteiger partial charge in [0.15, 0.2) is 0 Å². The Kier molecular flexibility index (Phi) is 16.5. The molecule has 13 nitrogen and oxygen atoms in total. The molecule has 0 saturated carbocycles. The van der Waals surface area contributed by atoms with E-state index in [1.54, 1.807) is 27.4 Å². The van der Waals surface area contributed by atoms with Gasteiger partial charge >= 0.3 is 12.1 Å². The fourth-order valence-electron chi connectivity index (χ4n) is 8.59. The molecule has 0 spiro atoms. The Morgan fingerprint density at radius 2 is 1.16 bits per heavy atom. The van der Waals surface area contributed by atoms with Gasteiger partial charge in [-0.1, -0.05) is 44.0 Å². The van der Waals surface area contributed by atoms with Crippen LogP contribution in [0.3, 0.4) is 0 Å². The van der Waals surface area contributed by atoms with Crippen molar-refractivity contribution in [2.75, 3.05) is 78.8 Å². The first-order valence-corrected chi connectivity index (χ1v) is 24.7. The summed E-state index contributed by atoms with van der Waals surface area (Å²) in [5.74, 6) is 0.672. The Morgan fingerprint density at radius 3 is 1.66 bits per heavy atom. The minimum absolute atomic E-state index is 0.00991. The summed E-state index contributed by atoms with van der Waals surface area (Å²) >= 11 is 15.3. The number of hydrogen-bond acceptors (Lipinski definition) is 9. The minimum Gasteiger partial charge on any atom is -0.378 e. The molecule has 0 radical (unpaired) electrons.